The van der Waals surface area contributed by atoms with Gasteiger partial charge < -0.3 is 15.4 Å². The molecule has 1 aliphatic carbocycles. The molecule has 0 radical (unpaired) electrons. The molecule has 0 spiro atoms. The van der Waals surface area contributed by atoms with Gasteiger partial charge in [0, 0.05) is 28.2 Å². The number of alkyl halides is 3. The minimum absolute atomic E-state index is 0.134. The molecule has 1 aromatic heterocycles. The zero-order chi connectivity index (χ0) is 26.0. The van der Waals surface area contributed by atoms with Crippen LogP contribution in [0.15, 0.2) is 48.5 Å². The van der Waals surface area contributed by atoms with Gasteiger partial charge in [-0.25, -0.2) is 4.98 Å². The van der Waals surface area contributed by atoms with E-state index in [4.69, 9.17) is 22.1 Å². The Balaban J connectivity index is 1.75. The van der Waals surface area contributed by atoms with Crippen molar-refractivity contribution in [3.8, 4) is 0 Å². The number of nitrogens with two attached hydrogens (primary N) is 1. The third-order valence-electron chi connectivity index (χ3n) is 6.11. The number of nitrogens with zero attached hydrogens (tertiary/aromatic N) is 3. The standard InChI is InChI=1S/C24H22ClF3N4O4/c25-15-2-8-20-14(11-15)1-10-23(30-20)31(16-3-6-18(7-4-16)36-13-22(29)33)17-5-9-21(32(34)35)19(12-17)24(26,27)28/h1-2,5,8-12,16,18H,3-4,6-7,13H2,(H2,29,33). The van der Waals surface area contributed by atoms with Gasteiger partial charge in [-0.1, -0.05) is 11.6 Å². The summed E-state index contributed by atoms with van der Waals surface area (Å²) < 4.78 is 46.7. The lowest BCUT2D eigenvalue weighted by Crippen LogP contribution is -2.38. The van der Waals surface area contributed by atoms with E-state index in [1.807, 2.05) is 0 Å². The molecule has 12 heteroatoms. The van der Waals surface area contributed by atoms with Crippen LogP contribution in [-0.4, -0.2) is 34.6 Å². The molecule has 3 aromatic rings. The first-order chi connectivity index (χ1) is 17.0. The molecular weight excluding hydrogens is 501 g/mol. The van der Waals surface area contributed by atoms with Crippen LogP contribution in [0.25, 0.3) is 10.9 Å². The lowest BCUT2D eigenvalue weighted by atomic mass is 9.91. The highest BCUT2D eigenvalue weighted by molar-refractivity contribution is 6.31. The predicted molar refractivity (Wildman–Crippen MR) is 128 cm³/mol. The van der Waals surface area contributed by atoms with E-state index in [1.54, 1.807) is 35.2 Å². The molecule has 36 heavy (non-hydrogen) atoms. The second-order valence-electron chi connectivity index (χ2n) is 8.54. The highest BCUT2D eigenvalue weighted by Gasteiger charge is 2.39. The van der Waals surface area contributed by atoms with Gasteiger partial charge in [0.1, 0.15) is 18.0 Å². The monoisotopic (exact) mass is 522 g/mol. The van der Waals surface area contributed by atoms with Crippen LogP contribution < -0.4 is 10.6 Å². The number of pyridine rings is 1. The number of nitro groups is 1. The molecule has 0 aliphatic heterocycles. The highest BCUT2D eigenvalue weighted by atomic mass is 35.5. The summed E-state index contributed by atoms with van der Waals surface area (Å²) in [6, 6.07) is 11.3. The Morgan fingerprint density at radius 1 is 1.14 bits per heavy atom. The van der Waals surface area contributed by atoms with Crippen LogP contribution >= 0.6 is 11.6 Å². The number of ether oxygens (including phenoxy) is 1. The number of hydrogen-bond acceptors (Lipinski definition) is 6. The number of primary amides is 1. The molecule has 0 bridgehead atoms. The van der Waals surface area contributed by atoms with Gasteiger partial charge in [0.2, 0.25) is 5.91 Å². The van der Waals surface area contributed by atoms with Gasteiger partial charge in [0.05, 0.1) is 16.5 Å². The molecule has 1 fully saturated rings. The molecule has 190 valence electrons. The molecule has 1 amide bonds. The van der Waals surface area contributed by atoms with Crippen molar-refractivity contribution in [2.24, 2.45) is 5.73 Å². The van der Waals surface area contributed by atoms with E-state index in [2.05, 4.69) is 4.98 Å². The molecule has 2 N–H and O–H groups in total. The summed E-state index contributed by atoms with van der Waals surface area (Å²) in [4.78, 5) is 27.6. The molecule has 8 nitrogen and oxygen atoms in total. The molecule has 0 saturated heterocycles. The number of carbonyl (C=O) groups is 1. The highest BCUT2D eigenvalue weighted by Crippen LogP contribution is 2.41. The minimum Gasteiger partial charge on any atom is -0.368 e. The number of fused-ring (bicyclic) bond motifs is 1. The Labute approximate surface area is 208 Å². The maximum atomic E-state index is 13.7. The fourth-order valence-electron chi connectivity index (χ4n) is 4.48. The fraction of sp³-hybridized carbons (Fsp3) is 0.333. The molecular formula is C24H22ClF3N4O4. The van der Waals surface area contributed by atoms with Gasteiger partial charge in [-0.15, -0.1) is 0 Å². The number of rotatable bonds is 7. The van der Waals surface area contributed by atoms with Crippen LogP contribution in [0.2, 0.25) is 5.02 Å². The molecule has 1 aliphatic rings. The quantitative estimate of drug-likeness (QED) is 0.311. The van der Waals surface area contributed by atoms with Crippen molar-refractivity contribution in [1.82, 2.24) is 4.98 Å². The zero-order valence-electron chi connectivity index (χ0n) is 18.9. The summed E-state index contributed by atoms with van der Waals surface area (Å²) in [5.41, 5.74) is 3.53. The van der Waals surface area contributed by atoms with Gasteiger partial charge in [0.15, 0.2) is 0 Å². The van der Waals surface area contributed by atoms with E-state index in [1.165, 1.54) is 6.07 Å². The van der Waals surface area contributed by atoms with Gasteiger partial charge >= 0.3 is 6.18 Å². The Kier molecular flexibility index (Phi) is 7.32. The number of carbonyl (C=O) groups excluding carboxylic acids is 1. The largest absolute Gasteiger partial charge is 0.423 e. The average Bonchev–Trinajstić information content (AvgIpc) is 2.83. The van der Waals surface area contributed by atoms with Crippen molar-refractivity contribution >= 4 is 45.6 Å². The Morgan fingerprint density at radius 2 is 1.86 bits per heavy atom. The average molecular weight is 523 g/mol. The minimum atomic E-state index is -4.92. The second-order valence-corrected chi connectivity index (χ2v) is 8.98. The van der Waals surface area contributed by atoms with Crippen molar-refractivity contribution < 1.29 is 27.6 Å². The van der Waals surface area contributed by atoms with E-state index in [0.29, 0.717) is 42.0 Å². The summed E-state index contributed by atoms with van der Waals surface area (Å²) in [5, 5.41) is 12.5. The predicted octanol–water partition coefficient (Wildman–Crippen LogP) is 5.77. The van der Waals surface area contributed by atoms with Crippen molar-refractivity contribution in [2.45, 2.75) is 44.0 Å². The van der Waals surface area contributed by atoms with Crippen molar-refractivity contribution in [3.05, 3.63) is 69.2 Å². The molecule has 1 saturated carbocycles. The van der Waals surface area contributed by atoms with Crippen LogP contribution in [0.1, 0.15) is 31.2 Å². The Bertz CT molecular complexity index is 1300. The van der Waals surface area contributed by atoms with E-state index in [9.17, 15) is 28.1 Å². The summed E-state index contributed by atoms with van der Waals surface area (Å²) in [6.07, 6.45) is -2.96. The van der Waals surface area contributed by atoms with E-state index in [-0.39, 0.29) is 24.4 Å². The number of nitro benzene ring substituents is 1. The SMILES string of the molecule is NC(=O)COC1CCC(N(c2ccc([N+](=O)[O-])c(C(F)(F)F)c2)c2ccc3cc(Cl)ccc3n2)CC1. The molecule has 2 aromatic carbocycles. The van der Waals surface area contributed by atoms with Gasteiger partial charge in [-0.3, -0.25) is 14.9 Å². The number of anilines is 2. The number of benzene rings is 2. The molecule has 1 heterocycles. The molecule has 0 unspecified atom stereocenters. The van der Waals surface area contributed by atoms with Crippen molar-refractivity contribution in [2.75, 3.05) is 11.5 Å². The zero-order valence-corrected chi connectivity index (χ0v) is 19.6. The summed E-state index contributed by atoms with van der Waals surface area (Å²) in [6.45, 7) is -0.203. The summed E-state index contributed by atoms with van der Waals surface area (Å²) >= 11 is 6.06. The number of halogens is 4. The normalized spacial score (nSPS) is 18.2. The van der Waals surface area contributed by atoms with Gasteiger partial charge in [-0.05, 0) is 68.1 Å². The van der Waals surface area contributed by atoms with E-state index in [0.717, 1.165) is 17.5 Å². The van der Waals surface area contributed by atoms with E-state index >= 15 is 0 Å². The number of amides is 1. The molecule has 0 atom stereocenters. The van der Waals surface area contributed by atoms with E-state index < -0.39 is 28.3 Å². The van der Waals surface area contributed by atoms with Gasteiger partial charge in [-0.2, -0.15) is 13.2 Å². The summed E-state index contributed by atoms with van der Waals surface area (Å²) in [7, 11) is 0. The third-order valence-corrected chi connectivity index (χ3v) is 6.35. The number of aromatic nitrogens is 1. The van der Waals surface area contributed by atoms with Crippen molar-refractivity contribution in [1.29, 1.82) is 0 Å². The fourth-order valence-corrected chi connectivity index (χ4v) is 4.66. The first kappa shape index (κ1) is 25.6. The number of hydrogen-bond donors (Lipinski definition) is 1. The molecule has 4 rings (SSSR count). The van der Waals surface area contributed by atoms with Crippen molar-refractivity contribution in [3.63, 3.8) is 0 Å². The van der Waals surface area contributed by atoms with Crippen LogP contribution in [-0.2, 0) is 15.7 Å². The van der Waals surface area contributed by atoms with Gasteiger partial charge in [0.25, 0.3) is 5.69 Å². The lowest BCUT2D eigenvalue weighted by molar-refractivity contribution is -0.388. The van der Waals surface area contributed by atoms with Crippen LogP contribution in [0.5, 0.6) is 0 Å². The smallest absolute Gasteiger partial charge is 0.368 e. The van der Waals surface area contributed by atoms with Crippen LogP contribution in [0.4, 0.5) is 30.4 Å². The maximum Gasteiger partial charge on any atom is 0.423 e. The first-order valence-corrected chi connectivity index (χ1v) is 11.5. The Morgan fingerprint density at radius 3 is 2.50 bits per heavy atom. The topological polar surface area (TPSA) is 112 Å². The maximum absolute atomic E-state index is 13.7. The first-order valence-electron chi connectivity index (χ1n) is 11.1. The van der Waals surface area contributed by atoms with Crippen LogP contribution in [0, 0.1) is 10.1 Å². The summed E-state index contributed by atoms with van der Waals surface area (Å²) in [5.74, 6) is -0.182. The third kappa shape index (κ3) is 5.68. The van der Waals surface area contributed by atoms with Crippen LogP contribution in [0.3, 0.4) is 0 Å². The Hall–Kier alpha value is -3.44. The second kappa shape index (κ2) is 10.3. The lowest BCUT2D eigenvalue weighted by Gasteiger charge is -2.38.